The molecule has 6 heteroatoms. The summed E-state index contributed by atoms with van der Waals surface area (Å²) in [6.07, 6.45) is 0. The Morgan fingerprint density at radius 1 is 1.50 bits per heavy atom. The molecule has 0 aliphatic carbocycles. The third-order valence-electron chi connectivity index (χ3n) is 2.11. The molecule has 1 unspecified atom stereocenters. The molecule has 0 radical (unpaired) electrons. The summed E-state index contributed by atoms with van der Waals surface area (Å²) >= 11 is 4.82. The van der Waals surface area contributed by atoms with Crippen molar-refractivity contribution in [2.24, 2.45) is 0 Å². The van der Waals surface area contributed by atoms with Gasteiger partial charge in [-0.2, -0.15) is 0 Å². The van der Waals surface area contributed by atoms with Crippen LogP contribution < -0.4 is 5.32 Å². The zero-order valence-corrected chi connectivity index (χ0v) is 11.4. The molecule has 0 amide bonds. The second-order valence-electron chi connectivity index (χ2n) is 3.33. The molecule has 1 atom stereocenters. The Bertz CT molecular complexity index is 468. The second kappa shape index (κ2) is 5.07. The smallest absolute Gasteiger partial charge is 0.183 e. The van der Waals surface area contributed by atoms with E-state index < -0.39 is 0 Å². The Kier molecular flexibility index (Phi) is 3.73. The first-order valence-electron chi connectivity index (χ1n) is 5.03. The van der Waals surface area contributed by atoms with Crippen molar-refractivity contribution >= 4 is 27.3 Å². The van der Waals surface area contributed by atoms with E-state index in [1.807, 2.05) is 12.1 Å². The van der Waals surface area contributed by atoms with Gasteiger partial charge in [0.1, 0.15) is 5.01 Å². The molecule has 0 bridgehead atoms. The molecule has 0 saturated carbocycles. The molecule has 2 aromatic rings. The number of halogens is 1. The van der Waals surface area contributed by atoms with E-state index in [1.54, 1.807) is 11.3 Å². The van der Waals surface area contributed by atoms with Crippen LogP contribution in [0.25, 0.3) is 10.8 Å². The molecule has 0 aromatic carbocycles. The van der Waals surface area contributed by atoms with Gasteiger partial charge >= 0.3 is 0 Å². The first-order chi connectivity index (χ1) is 7.70. The van der Waals surface area contributed by atoms with E-state index in [0.717, 1.165) is 22.3 Å². The Morgan fingerprint density at radius 3 is 2.94 bits per heavy atom. The number of rotatable bonds is 4. The predicted molar refractivity (Wildman–Crippen MR) is 67.4 cm³/mol. The maximum absolute atomic E-state index is 5.43. The molecule has 0 aliphatic rings. The van der Waals surface area contributed by atoms with Gasteiger partial charge in [-0.25, -0.2) is 0 Å². The Labute approximate surface area is 106 Å². The first kappa shape index (κ1) is 11.8. The van der Waals surface area contributed by atoms with Crippen LogP contribution in [0.4, 0.5) is 0 Å². The summed E-state index contributed by atoms with van der Waals surface area (Å²) in [6, 6.07) is 3.96. The van der Waals surface area contributed by atoms with E-state index in [-0.39, 0.29) is 6.04 Å². The molecule has 16 heavy (non-hydrogen) atoms. The van der Waals surface area contributed by atoms with Crippen molar-refractivity contribution < 1.29 is 4.42 Å². The highest BCUT2D eigenvalue weighted by Crippen LogP contribution is 2.29. The number of nitrogens with zero attached hydrogens (tertiary/aromatic N) is 2. The van der Waals surface area contributed by atoms with Crippen molar-refractivity contribution in [1.29, 1.82) is 0 Å². The van der Waals surface area contributed by atoms with E-state index in [4.69, 9.17) is 4.42 Å². The molecule has 4 nitrogen and oxygen atoms in total. The SMILES string of the molecule is CCNC(C)c1nnc(-c2ccc(Br)o2)s1. The fourth-order valence-electron chi connectivity index (χ4n) is 1.33. The average molecular weight is 302 g/mol. The number of nitrogens with one attached hydrogen (secondary N) is 1. The van der Waals surface area contributed by atoms with E-state index in [1.165, 1.54) is 0 Å². The molecule has 0 spiro atoms. The van der Waals surface area contributed by atoms with Crippen LogP contribution in [0.15, 0.2) is 21.2 Å². The number of furan rings is 1. The van der Waals surface area contributed by atoms with Crippen LogP contribution in [-0.4, -0.2) is 16.7 Å². The van der Waals surface area contributed by atoms with Crippen LogP contribution in [0.5, 0.6) is 0 Å². The molecule has 2 aromatic heterocycles. The van der Waals surface area contributed by atoms with Gasteiger partial charge in [-0.1, -0.05) is 18.3 Å². The molecule has 86 valence electrons. The van der Waals surface area contributed by atoms with E-state index in [9.17, 15) is 0 Å². The summed E-state index contributed by atoms with van der Waals surface area (Å²) in [6.45, 7) is 5.07. The van der Waals surface area contributed by atoms with E-state index in [2.05, 4.69) is 45.3 Å². The molecular formula is C10H12BrN3OS. The van der Waals surface area contributed by atoms with Gasteiger partial charge in [0.25, 0.3) is 0 Å². The zero-order chi connectivity index (χ0) is 11.5. The minimum atomic E-state index is 0.231. The maximum Gasteiger partial charge on any atom is 0.183 e. The second-order valence-corrected chi connectivity index (χ2v) is 5.12. The Morgan fingerprint density at radius 2 is 2.31 bits per heavy atom. The highest BCUT2D eigenvalue weighted by molar-refractivity contribution is 9.10. The van der Waals surface area contributed by atoms with E-state index >= 15 is 0 Å². The van der Waals surface area contributed by atoms with Gasteiger partial charge in [0.05, 0.1) is 6.04 Å². The molecule has 1 N–H and O–H groups in total. The highest BCUT2D eigenvalue weighted by Gasteiger charge is 2.14. The minimum Gasteiger partial charge on any atom is -0.447 e. The van der Waals surface area contributed by atoms with Crippen LogP contribution >= 0.6 is 27.3 Å². The summed E-state index contributed by atoms with van der Waals surface area (Å²) in [5, 5.41) is 13.4. The van der Waals surface area contributed by atoms with Gasteiger partial charge in [0.2, 0.25) is 0 Å². The van der Waals surface area contributed by atoms with Gasteiger partial charge in [0, 0.05) is 0 Å². The van der Waals surface area contributed by atoms with Crippen molar-refractivity contribution in [3.63, 3.8) is 0 Å². The number of hydrogen-bond donors (Lipinski definition) is 1. The molecule has 2 rings (SSSR count). The minimum absolute atomic E-state index is 0.231. The largest absolute Gasteiger partial charge is 0.447 e. The van der Waals surface area contributed by atoms with Crippen molar-refractivity contribution in [2.45, 2.75) is 19.9 Å². The molecule has 0 fully saturated rings. The normalized spacial score (nSPS) is 12.9. The fraction of sp³-hybridized carbons (Fsp3) is 0.400. The maximum atomic E-state index is 5.43. The fourth-order valence-corrected chi connectivity index (χ4v) is 2.47. The predicted octanol–water partition coefficient (Wildman–Crippen LogP) is 3.23. The summed E-state index contributed by atoms with van der Waals surface area (Å²) in [5.74, 6) is 0.749. The van der Waals surface area contributed by atoms with Gasteiger partial charge in [-0.3, -0.25) is 0 Å². The Balaban J connectivity index is 2.19. The summed E-state index contributed by atoms with van der Waals surface area (Å²) in [5.41, 5.74) is 0. The molecule has 2 heterocycles. The van der Waals surface area contributed by atoms with Crippen LogP contribution in [-0.2, 0) is 0 Å². The third kappa shape index (κ3) is 2.50. The monoisotopic (exact) mass is 301 g/mol. The van der Waals surface area contributed by atoms with Crippen LogP contribution in [0.1, 0.15) is 24.9 Å². The number of aromatic nitrogens is 2. The average Bonchev–Trinajstić information content (AvgIpc) is 2.85. The van der Waals surface area contributed by atoms with Crippen LogP contribution in [0, 0.1) is 0 Å². The van der Waals surface area contributed by atoms with Crippen LogP contribution in [0.3, 0.4) is 0 Å². The van der Waals surface area contributed by atoms with Gasteiger partial charge in [-0.15, -0.1) is 10.2 Å². The van der Waals surface area contributed by atoms with E-state index in [0.29, 0.717) is 4.67 Å². The lowest BCUT2D eigenvalue weighted by molar-refractivity contribution is 0.554. The molecular weight excluding hydrogens is 290 g/mol. The van der Waals surface area contributed by atoms with Crippen molar-refractivity contribution in [2.75, 3.05) is 6.54 Å². The molecule has 0 saturated heterocycles. The quantitative estimate of drug-likeness (QED) is 0.942. The van der Waals surface area contributed by atoms with Gasteiger partial charge in [-0.05, 0) is 41.5 Å². The lowest BCUT2D eigenvalue weighted by Crippen LogP contribution is -2.17. The third-order valence-corrected chi connectivity index (χ3v) is 3.65. The lowest BCUT2D eigenvalue weighted by Gasteiger charge is -2.06. The summed E-state index contributed by atoms with van der Waals surface area (Å²) in [7, 11) is 0. The highest BCUT2D eigenvalue weighted by atomic mass is 79.9. The molecule has 0 aliphatic heterocycles. The van der Waals surface area contributed by atoms with Crippen molar-refractivity contribution in [3.8, 4) is 10.8 Å². The van der Waals surface area contributed by atoms with Gasteiger partial charge < -0.3 is 9.73 Å². The first-order valence-corrected chi connectivity index (χ1v) is 6.64. The summed E-state index contributed by atoms with van der Waals surface area (Å²) in [4.78, 5) is 0. The van der Waals surface area contributed by atoms with Gasteiger partial charge in [0.15, 0.2) is 15.4 Å². The zero-order valence-electron chi connectivity index (χ0n) is 9.03. The standard InChI is InChI=1S/C10H12BrN3OS/c1-3-12-6(2)9-13-14-10(16-9)7-4-5-8(11)15-7/h4-6,12H,3H2,1-2H3. The van der Waals surface area contributed by atoms with Crippen LogP contribution in [0.2, 0.25) is 0 Å². The Hall–Kier alpha value is -0.720. The summed E-state index contributed by atoms with van der Waals surface area (Å²) < 4.78 is 6.13. The number of hydrogen-bond acceptors (Lipinski definition) is 5. The van der Waals surface area contributed by atoms with Crippen molar-refractivity contribution in [1.82, 2.24) is 15.5 Å². The van der Waals surface area contributed by atoms with Crippen molar-refractivity contribution in [3.05, 3.63) is 21.8 Å². The lowest BCUT2D eigenvalue weighted by atomic mass is 10.3. The topological polar surface area (TPSA) is 51.0 Å².